The summed E-state index contributed by atoms with van der Waals surface area (Å²) in [4.78, 5) is 21.8. The Morgan fingerprint density at radius 1 is 1.03 bits per heavy atom. The Morgan fingerprint density at radius 3 is 2.40 bits per heavy atom. The fourth-order valence-electron chi connectivity index (χ4n) is 4.37. The van der Waals surface area contributed by atoms with Crippen LogP contribution < -0.4 is 4.90 Å². The van der Waals surface area contributed by atoms with E-state index in [4.69, 9.17) is 0 Å². The molecule has 35 heavy (non-hydrogen) atoms. The summed E-state index contributed by atoms with van der Waals surface area (Å²) in [7, 11) is 0. The van der Waals surface area contributed by atoms with Gasteiger partial charge in [0.05, 0.1) is 30.7 Å². The van der Waals surface area contributed by atoms with Gasteiger partial charge in [-0.2, -0.15) is 20.1 Å². The molecule has 2 aromatic heterocycles. The van der Waals surface area contributed by atoms with E-state index in [1.165, 1.54) is 33.1 Å². The molecular weight excluding hydrogens is 458 g/mol. The lowest BCUT2D eigenvalue weighted by Gasteiger charge is -2.39. The molecule has 1 saturated heterocycles. The summed E-state index contributed by atoms with van der Waals surface area (Å²) in [6.07, 6.45) is 5.81. The maximum atomic E-state index is 14.8. The number of carbonyl (C=O) groups excluding carboxylic acids is 1. The van der Waals surface area contributed by atoms with Gasteiger partial charge in [0.25, 0.3) is 0 Å². The molecule has 3 heterocycles. The minimum atomic E-state index is -1.91. The van der Waals surface area contributed by atoms with Crippen LogP contribution >= 0.6 is 0 Å². The second-order valence-electron chi connectivity index (χ2n) is 8.28. The summed E-state index contributed by atoms with van der Waals surface area (Å²) in [5, 5.41) is 24.0. The molecule has 10 nitrogen and oxygen atoms in total. The number of urea groups is 1. The van der Waals surface area contributed by atoms with Crippen LogP contribution in [0.5, 0.6) is 0 Å². The minimum Gasteiger partial charge on any atom is -0.381 e. The smallest absolute Gasteiger partial charge is 0.324 e. The van der Waals surface area contributed by atoms with Gasteiger partial charge in [0.1, 0.15) is 29.9 Å². The van der Waals surface area contributed by atoms with Crippen molar-refractivity contribution in [3.05, 3.63) is 84.7 Å². The molecule has 2 aromatic carbocycles. The number of aliphatic hydroxyl groups is 1. The summed E-state index contributed by atoms with van der Waals surface area (Å²) >= 11 is 0. The minimum absolute atomic E-state index is 0.135. The topological polar surface area (TPSA) is 105 Å². The Morgan fingerprint density at radius 2 is 1.74 bits per heavy atom. The molecule has 0 bridgehead atoms. The van der Waals surface area contributed by atoms with Crippen molar-refractivity contribution in [2.75, 3.05) is 18.0 Å². The van der Waals surface area contributed by atoms with Crippen LogP contribution in [0.2, 0.25) is 0 Å². The van der Waals surface area contributed by atoms with E-state index in [0.717, 1.165) is 11.8 Å². The van der Waals surface area contributed by atoms with Crippen LogP contribution in [-0.2, 0) is 12.1 Å². The third-order valence-electron chi connectivity index (χ3n) is 6.28. The van der Waals surface area contributed by atoms with Crippen LogP contribution in [0.3, 0.4) is 0 Å². The van der Waals surface area contributed by atoms with E-state index < -0.39 is 23.3 Å². The monoisotopic (exact) mass is 480 g/mol. The number of nitrogens with zero attached hydrogens (tertiary/aromatic N) is 8. The number of halogens is 2. The van der Waals surface area contributed by atoms with Crippen molar-refractivity contribution in [1.82, 2.24) is 34.7 Å². The lowest BCUT2D eigenvalue weighted by Crippen LogP contribution is -2.53. The van der Waals surface area contributed by atoms with Crippen LogP contribution in [0.4, 0.5) is 19.3 Å². The summed E-state index contributed by atoms with van der Waals surface area (Å²) < 4.78 is 29.8. The van der Waals surface area contributed by atoms with E-state index in [9.17, 15) is 18.7 Å². The van der Waals surface area contributed by atoms with E-state index >= 15 is 0 Å². The largest absolute Gasteiger partial charge is 0.381 e. The number of rotatable bonds is 7. The van der Waals surface area contributed by atoms with Crippen LogP contribution in [0.15, 0.2) is 67.5 Å². The van der Waals surface area contributed by atoms with E-state index in [-0.39, 0.29) is 18.1 Å². The van der Waals surface area contributed by atoms with E-state index in [0.29, 0.717) is 24.8 Å². The predicted octanol–water partition coefficient (Wildman–Crippen LogP) is 2.36. The molecular formula is C23H22F2N8O2. The van der Waals surface area contributed by atoms with E-state index in [2.05, 4.69) is 20.3 Å². The van der Waals surface area contributed by atoms with Crippen LogP contribution in [-0.4, -0.2) is 64.9 Å². The number of anilines is 1. The van der Waals surface area contributed by atoms with Crippen molar-refractivity contribution < 1.29 is 18.7 Å². The zero-order chi connectivity index (χ0) is 24.6. The molecule has 1 fully saturated rings. The maximum Gasteiger partial charge on any atom is 0.324 e. The highest BCUT2D eigenvalue weighted by atomic mass is 19.1. The number of aromatic nitrogens is 6. The van der Waals surface area contributed by atoms with Gasteiger partial charge in [0.2, 0.25) is 0 Å². The number of hydrogen-bond acceptors (Lipinski definition) is 6. The van der Waals surface area contributed by atoms with E-state index in [1.807, 2.05) is 0 Å². The first-order chi connectivity index (χ1) is 16.9. The Hall–Kier alpha value is -4.19. The van der Waals surface area contributed by atoms with Gasteiger partial charge in [-0.3, -0.25) is 4.90 Å². The van der Waals surface area contributed by atoms with Gasteiger partial charge in [-0.25, -0.2) is 23.2 Å². The first kappa shape index (κ1) is 22.6. The Labute approximate surface area is 199 Å². The summed E-state index contributed by atoms with van der Waals surface area (Å²) in [6, 6.07) is 8.91. The van der Waals surface area contributed by atoms with Crippen LogP contribution in [0.1, 0.15) is 12.5 Å². The van der Waals surface area contributed by atoms with Gasteiger partial charge < -0.3 is 10.0 Å². The highest BCUT2D eigenvalue weighted by molar-refractivity contribution is 5.94. The van der Waals surface area contributed by atoms with Crippen molar-refractivity contribution in [1.29, 1.82) is 0 Å². The Bertz CT molecular complexity index is 1310. The van der Waals surface area contributed by atoms with Gasteiger partial charge in [0, 0.05) is 30.4 Å². The molecule has 1 N–H and O–H groups in total. The molecule has 5 rings (SSSR count). The second-order valence-corrected chi connectivity index (χ2v) is 8.28. The molecule has 2 amide bonds. The molecule has 0 unspecified atom stereocenters. The predicted molar refractivity (Wildman–Crippen MR) is 121 cm³/mol. The normalized spacial score (nSPS) is 16.5. The maximum absolute atomic E-state index is 14.8. The third kappa shape index (κ3) is 4.12. The van der Waals surface area contributed by atoms with Crippen molar-refractivity contribution >= 4 is 11.7 Å². The molecule has 12 heteroatoms. The third-order valence-corrected chi connectivity index (χ3v) is 6.28. The summed E-state index contributed by atoms with van der Waals surface area (Å²) in [5.41, 5.74) is -0.644. The molecule has 0 saturated carbocycles. The molecule has 180 valence electrons. The first-order valence-corrected chi connectivity index (χ1v) is 10.9. The van der Waals surface area contributed by atoms with Crippen molar-refractivity contribution in [2.24, 2.45) is 0 Å². The van der Waals surface area contributed by atoms with Gasteiger partial charge in [-0.05, 0) is 37.3 Å². The quantitative estimate of drug-likeness (QED) is 0.436. The zero-order valence-electron chi connectivity index (χ0n) is 18.7. The van der Waals surface area contributed by atoms with Crippen molar-refractivity contribution in [3.8, 4) is 5.69 Å². The highest BCUT2D eigenvalue weighted by Gasteiger charge is 2.46. The van der Waals surface area contributed by atoms with Crippen molar-refractivity contribution in [2.45, 2.75) is 25.1 Å². The summed E-state index contributed by atoms with van der Waals surface area (Å²) in [6.45, 7) is 2.11. The Kier molecular flexibility index (Phi) is 5.73. The molecule has 1 aliphatic rings. The fourth-order valence-corrected chi connectivity index (χ4v) is 4.37. The van der Waals surface area contributed by atoms with E-state index in [1.54, 1.807) is 48.5 Å². The fraction of sp³-hybridized carbons (Fsp3) is 0.261. The molecule has 0 radical (unpaired) electrons. The average Bonchev–Trinajstić information content (AvgIpc) is 3.61. The molecule has 0 spiro atoms. The van der Waals surface area contributed by atoms with Gasteiger partial charge >= 0.3 is 6.03 Å². The second kappa shape index (κ2) is 8.87. The van der Waals surface area contributed by atoms with Crippen LogP contribution in [0, 0.1) is 11.6 Å². The molecule has 4 aromatic rings. The van der Waals surface area contributed by atoms with Crippen LogP contribution in [0.25, 0.3) is 5.69 Å². The summed E-state index contributed by atoms with van der Waals surface area (Å²) in [5.74, 6) is -1.68. The number of carbonyl (C=O) groups is 1. The van der Waals surface area contributed by atoms with Gasteiger partial charge in [-0.1, -0.05) is 6.07 Å². The standard InChI is InChI=1S/C23H22F2N8O2/c1-16(23(35,13-30-15-26-14-29-30)20-7-2-17(24)12-21(20)25)31-10-11-32(22(31)34)18-3-5-19(6-4-18)33-27-8-9-28-33/h2-9,12,14-16,35H,10-11,13H2,1H3/t16-,23-/m1/s1. The molecule has 2 atom stereocenters. The average molecular weight is 480 g/mol. The van der Waals surface area contributed by atoms with Gasteiger partial charge in [-0.15, -0.1) is 0 Å². The lowest BCUT2D eigenvalue weighted by molar-refractivity contribution is -0.0475. The number of amides is 2. The van der Waals surface area contributed by atoms with Gasteiger partial charge in [0.15, 0.2) is 0 Å². The highest BCUT2D eigenvalue weighted by Crippen LogP contribution is 2.35. The zero-order valence-corrected chi connectivity index (χ0v) is 18.7. The first-order valence-electron chi connectivity index (χ1n) is 10.9. The Balaban J connectivity index is 1.43. The number of benzene rings is 2. The lowest BCUT2D eigenvalue weighted by atomic mass is 9.85. The van der Waals surface area contributed by atoms with Crippen molar-refractivity contribution in [3.63, 3.8) is 0 Å². The number of hydrogen-bond donors (Lipinski definition) is 1. The SMILES string of the molecule is C[C@@H](N1CCN(c2ccc(-n3nccn3)cc2)C1=O)[C@](O)(Cn1cncn1)c1ccc(F)cc1F. The molecule has 0 aliphatic carbocycles. The molecule has 1 aliphatic heterocycles.